The van der Waals surface area contributed by atoms with E-state index in [0.29, 0.717) is 11.4 Å². The molecule has 98 valence electrons. The van der Waals surface area contributed by atoms with Gasteiger partial charge >= 0.3 is 0 Å². The van der Waals surface area contributed by atoms with Crippen LogP contribution in [0.4, 0.5) is 0 Å². The van der Waals surface area contributed by atoms with Crippen LogP contribution in [0.15, 0.2) is 0 Å². The Morgan fingerprint density at radius 2 is 2.12 bits per heavy atom. The van der Waals surface area contributed by atoms with Gasteiger partial charge in [0.05, 0.1) is 28.6 Å². The molecule has 0 aliphatic carbocycles. The van der Waals surface area contributed by atoms with E-state index in [4.69, 9.17) is 16.3 Å². The monoisotopic (exact) mass is 260 g/mol. The molecule has 2 unspecified atom stereocenters. The quantitative estimate of drug-likeness (QED) is 0.851. The van der Waals surface area contributed by atoms with Crippen molar-refractivity contribution < 1.29 is 9.84 Å². The molecule has 0 saturated carbocycles. The number of halogens is 1. The Morgan fingerprint density at radius 1 is 1.47 bits per heavy atom. The van der Waals surface area contributed by atoms with Crippen molar-refractivity contribution in [3.63, 3.8) is 0 Å². The van der Waals surface area contributed by atoms with E-state index in [-0.39, 0.29) is 6.10 Å². The maximum atomic E-state index is 10.1. The molecule has 0 saturated heterocycles. The predicted molar refractivity (Wildman–Crippen MR) is 68.4 cm³/mol. The fraction of sp³-hybridized carbons (Fsp3) is 0.750. The van der Waals surface area contributed by atoms with E-state index in [0.717, 1.165) is 24.2 Å². The summed E-state index contributed by atoms with van der Waals surface area (Å²) in [7, 11) is 3.46. The summed E-state index contributed by atoms with van der Waals surface area (Å²) in [6, 6.07) is 0. The lowest BCUT2D eigenvalue weighted by atomic mass is 10.1. The molecule has 17 heavy (non-hydrogen) atoms. The first kappa shape index (κ1) is 14.5. The van der Waals surface area contributed by atoms with Gasteiger partial charge in [-0.3, -0.25) is 4.68 Å². The van der Waals surface area contributed by atoms with Crippen LogP contribution in [0.1, 0.15) is 31.7 Å². The molecule has 0 aromatic carbocycles. The number of hydrogen-bond acceptors (Lipinski definition) is 3. The summed E-state index contributed by atoms with van der Waals surface area (Å²) < 4.78 is 6.97. The van der Waals surface area contributed by atoms with E-state index in [1.165, 1.54) is 0 Å². The number of rotatable bonds is 6. The minimum atomic E-state index is -0.553. The molecule has 0 radical (unpaired) electrons. The minimum Gasteiger partial charge on any atom is -0.390 e. The van der Waals surface area contributed by atoms with Crippen LogP contribution in [-0.4, -0.2) is 34.2 Å². The molecule has 0 spiro atoms. The molecule has 2 atom stereocenters. The second kappa shape index (κ2) is 6.38. The summed E-state index contributed by atoms with van der Waals surface area (Å²) in [5, 5.41) is 15.1. The van der Waals surface area contributed by atoms with Gasteiger partial charge in [0.15, 0.2) is 0 Å². The van der Waals surface area contributed by atoms with Gasteiger partial charge in [-0.05, 0) is 12.8 Å². The fourth-order valence-electron chi connectivity index (χ4n) is 1.97. The van der Waals surface area contributed by atoms with Gasteiger partial charge in [-0.25, -0.2) is 0 Å². The van der Waals surface area contributed by atoms with Crippen LogP contribution in [0, 0.1) is 0 Å². The van der Waals surface area contributed by atoms with E-state index in [9.17, 15) is 5.11 Å². The molecule has 0 amide bonds. The van der Waals surface area contributed by atoms with Gasteiger partial charge in [0, 0.05) is 20.6 Å². The van der Waals surface area contributed by atoms with Crippen LogP contribution in [-0.2, 0) is 24.6 Å². The van der Waals surface area contributed by atoms with Crippen molar-refractivity contribution in [2.24, 2.45) is 7.05 Å². The molecule has 1 rings (SSSR count). The van der Waals surface area contributed by atoms with Gasteiger partial charge in [0.1, 0.15) is 0 Å². The molecule has 1 aromatic heterocycles. The number of aryl methyl sites for hydroxylation is 2. The second-order valence-corrected chi connectivity index (χ2v) is 4.52. The lowest BCUT2D eigenvalue weighted by molar-refractivity contribution is -0.0136. The Hall–Kier alpha value is -0.580. The molecule has 0 fully saturated rings. The summed E-state index contributed by atoms with van der Waals surface area (Å²) >= 11 is 6.23. The molecule has 4 nitrogen and oxygen atoms in total. The molecule has 0 aliphatic rings. The third-order valence-corrected chi connectivity index (χ3v) is 3.48. The molecule has 1 heterocycles. The Balaban J connectivity index is 2.84. The highest BCUT2D eigenvalue weighted by molar-refractivity contribution is 6.31. The number of hydrogen-bond donors (Lipinski definition) is 1. The zero-order chi connectivity index (χ0) is 13.0. The van der Waals surface area contributed by atoms with Gasteiger partial charge in [-0.2, -0.15) is 5.10 Å². The first-order chi connectivity index (χ1) is 8.04. The van der Waals surface area contributed by atoms with Gasteiger partial charge in [0.2, 0.25) is 0 Å². The number of aliphatic hydroxyl groups excluding tert-OH is 1. The lowest BCUT2D eigenvalue weighted by Crippen LogP contribution is -2.30. The highest BCUT2D eigenvalue weighted by Gasteiger charge is 2.22. The number of methoxy groups -OCH3 is 1. The Labute approximate surface area is 108 Å². The van der Waals surface area contributed by atoms with E-state index in [2.05, 4.69) is 5.10 Å². The SMILES string of the molecule is CCc1nn(C)c(CC(O)C(CC)OC)c1Cl. The number of ether oxygens (including phenoxy) is 1. The third kappa shape index (κ3) is 3.21. The Kier molecular flexibility index (Phi) is 5.43. The van der Waals surface area contributed by atoms with Crippen LogP contribution >= 0.6 is 11.6 Å². The number of nitrogens with zero attached hydrogens (tertiary/aromatic N) is 2. The Bertz CT molecular complexity index is 362. The van der Waals surface area contributed by atoms with Gasteiger partial charge in [-0.15, -0.1) is 0 Å². The van der Waals surface area contributed by atoms with Crippen LogP contribution in [0.5, 0.6) is 0 Å². The highest BCUT2D eigenvalue weighted by atomic mass is 35.5. The number of aliphatic hydroxyl groups is 1. The van der Waals surface area contributed by atoms with Crippen molar-refractivity contribution in [3.05, 3.63) is 16.4 Å². The highest BCUT2D eigenvalue weighted by Crippen LogP contribution is 2.23. The van der Waals surface area contributed by atoms with E-state index in [1.807, 2.05) is 20.9 Å². The molecule has 1 aromatic rings. The third-order valence-electron chi connectivity index (χ3n) is 3.04. The molecule has 1 N–H and O–H groups in total. The molecular formula is C12H21ClN2O2. The van der Waals surface area contributed by atoms with Gasteiger partial charge < -0.3 is 9.84 Å². The average molecular weight is 261 g/mol. The largest absolute Gasteiger partial charge is 0.390 e. The Morgan fingerprint density at radius 3 is 2.53 bits per heavy atom. The van der Waals surface area contributed by atoms with Crippen LogP contribution < -0.4 is 0 Å². The van der Waals surface area contributed by atoms with Crippen molar-refractivity contribution in [2.45, 2.75) is 45.3 Å². The molecule has 0 bridgehead atoms. The molecule has 0 aliphatic heterocycles. The number of aromatic nitrogens is 2. The normalized spacial score (nSPS) is 14.9. The first-order valence-electron chi connectivity index (χ1n) is 5.96. The van der Waals surface area contributed by atoms with E-state index in [1.54, 1.807) is 11.8 Å². The van der Waals surface area contributed by atoms with Crippen LogP contribution in [0.25, 0.3) is 0 Å². The van der Waals surface area contributed by atoms with E-state index < -0.39 is 6.10 Å². The maximum Gasteiger partial charge on any atom is 0.0857 e. The van der Waals surface area contributed by atoms with Gasteiger partial charge in [0.25, 0.3) is 0 Å². The van der Waals surface area contributed by atoms with Crippen molar-refractivity contribution in [3.8, 4) is 0 Å². The average Bonchev–Trinajstić information content (AvgIpc) is 2.58. The predicted octanol–water partition coefficient (Wildman–Crippen LogP) is 1.96. The zero-order valence-electron chi connectivity index (χ0n) is 10.9. The minimum absolute atomic E-state index is 0.161. The maximum absolute atomic E-state index is 10.1. The van der Waals surface area contributed by atoms with Crippen molar-refractivity contribution in [1.82, 2.24) is 9.78 Å². The standard InChI is InChI=1S/C12H21ClN2O2/c1-5-8-12(13)9(15(3)14-8)7-10(16)11(6-2)17-4/h10-11,16H,5-7H2,1-4H3. The summed E-state index contributed by atoms with van der Waals surface area (Å²) in [4.78, 5) is 0. The summed E-state index contributed by atoms with van der Waals surface area (Å²) in [6.45, 7) is 4.00. The van der Waals surface area contributed by atoms with Crippen molar-refractivity contribution in [2.75, 3.05) is 7.11 Å². The summed E-state index contributed by atoms with van der Waals surface area (Å²) in [6.07, 6.45) is 1.32. The van der Waals surface area contributed by atoms with Gasteiger partial charge in [-0.1, -0.05) is 25.4 Å². The van der Waals surface area contributed by atoms with Crippen LogP contribution in [0.2, 0.25) is 5.02 Å². The second-order valence-electron chi connectivity index (χ2n) is 4.14. The topological polar surface area (TPSA) is 47.3 Å². The lowest BCUT2D eigenvalue weighted by Gasteiger charge is -2.20. The van der Waals surface area contributed by atoms with Crippen LogP contribution in [0.3, 0.4) is 0 Å². The van der Waals surface area contributed by atoms with Crippen molar-refractivity contribution in [1.29, 1.82) is 0 Å². The molecule has 5 heteroatoms. The zero-order valence-corrected chi connectivity index (χ0v) is 11.7. The first-order valence-corrected chi connectivity index (χ1v) is 6.33. The summed E-state index contributed by atoms with van der Waals surface area (Å²) in [5.41, 5.74) is 1.74. The molecular weight excluding hydrogens is 240 g/mol. The summed E-state index contributed by atoms with van der Waals surface area (Å²) in [5.74, 6) is 0. The smallest absolute Gasteiger partial charge is 0.0857 e. The van der Waals surface area contributed by atoms with Crippen molar-refractivity contribution >= 4 is 11.6 Å². The fourth-order valence-corrected chi connectivity index (χ4v) is 2.34. The van der Waals surface area contributed by atoms with E-state index >= 15 is 0 Å².